The molecule has 2 rings (SSSR count). The molecule has 0 heterocycles. The SMILES string of the molecule is CC(=O)Nc1cccc(NCC(=O)Nc2ccc(C)c(C)c2)c1. The lowest BCUT2D eigenvalue weighted by Crippen LogP contribution is -2.21. The molecule has 0 aliphatic carbocycles. The van der Waals surface area contributed by atoms with E-state index in [2.05, 4.69) is 16.0 Å². The van der Waals surface area contributed by atoms with Gasteiger partial charge in [0, 0.05) is 24.0 Å². The molecule has 0 radical (unpaired) electrons. The molecule has 0 saturated heterocycles. The van der Waals surface area contributed by atoms with Gasteiger partial charge in [0.1, 0.15) is 0 Å². The van der Waals surface area contributed by atoms with Gasteiger partial charge in [-0.25, -0.2) is 0 Å². The van der Waals surface area contributed by atoms with Crippen molar-refractivity contribution in [1.82, 2.24) is 0 Å². The van der Waals surface area contributed by atoms with Crippen LogP contribution in [-0.2, 0) is 9.59 Å². The number of carbonyl (C=O) groups excluding carboxylic acids is 2. The van der Waals surface area contributed by atoms with Crippen LogP contribution in [0.2, 0.25) is 0 Å². The highest BCUT2D eigenvalue weighted by Crippen LogP contribution is 2.16. The summed E-state index contributed by atoms with van der Waals surface area (Å²) in [6.45, 7) is 5.65. The van der Waals surface area contributed by atoms with Gasteiger partial charge in [-0.3, -0.25) is 9.59 Å². The lowest BCUT2D eigenvalue weighted by atomic mass is 10.1. The Bertz CT molecular complexity index is 726. The Balaban J connectivity index is 1.91. The summed E-state index contributed by atoms with van der Waals surface area (Å²) in [5.41, 5.74) is 4.57. The average molecular weight is 311 g/mol. The standard InChI is InChI=1S/C18H21N3O2/c1-12-7-8-17(9-13(12)2)21-18(23)11-19-15-5-4-6-16(10-15)20-14(3)22/h4-10,19H,11H2,1-3H3,(H,20,22)(H,21,23). The fraction of sp³-hybridized carbons (Fsp3) is 0.222. The third-order valence-corrected chi connectivity index (χ3v) is 3.43. The molecular formula is C18H21N3O2. The first-order valence-electron chi connectivity index (χ1n) is 7.42. The van der Waals surface area contributed by atoms with Crippen molar-refractivity contribution >= 4 is 28.9 Å². The zero-order valence-corrected chi connectivity index (χ0v) is 13.6. The minimum atomic E-state index is -0.130. The molecular weight excluding hydrogens is 290 g/mol. The van der Waals surface area contributed by atoms with E-state index in [9.17, 15) is 9.59 Å². The maximum atomic E-state index is 12.0. The van der Waals surface area contributed by atoms with Crippen LogP contribution in [0.1, 0.15) is 18.1 Å². The van der Waals surface area contributed by atoms with E-state index in [1.807, 2.05) is 44.2 Å². The fourth-order valence-electron chi connectivity index (χ4n) is 2.12. The number of hydrogen-bond donors (Lipinski definition) is 3. The topological polar surface area (TPSA) is 70.2 Å². The lowest BCUT2D eigenvalue weighted by Gasteiger charge is -2.10. The molecule has 0 atom stereocenters. The number of aryl methyl sites for hydroxylation is 2. The zero-order valence-electron chi connectivity index (χ0n) is 13.6. The highest BCUT2D eigenvalue weighted by Gasteiger charge is 2.04. The van der Waals surface area contributed by atoms with E-state index in [1.165, 1.54) is 12.5 Å². The van der Waals surface area contributed by atoms with E-state index in [1.54, 1.807) is 12.1 Å². The second-order valence-electron chi connectivity index (χ2n) is 5.46. The number of hydrogen-bond acceptors (Lipinski definition) is 3. The summed E-state index contributed by atoms with van der Waals surface area (Å²) in [6.07, 6.45) is 0. The molecule has 120 valence electrons. The van der Waals surface area contributed by atoms with Crippen LogP contribution in [-0.4, -0.2) is 18.4 Å². The van der Waals surface area contributed by atoms with Crippen molar-refractivity contribution in [2.24, 2.45) is 0 Å². The van der Waals surface area contributed by atoms with Crippen molar-refractivity contribution in [2.75, 3.05) is 22.5 Å². The van der Waals surface area contributed by atoms with Gasteiger partial charge in [0.05, 0.1) is 6.54 Å². The van der Waals surface area contributed by atoms with Crippen molar-refractivity contribution in [3.63, 3.8) is 0 Å². The van der Waals surface area contributed by atoms with E-state index in [0.717, 1.165) is 16.9 Å². The predicted octanol–water partition coefficient (Wildman–Crippen LogP) is 3.31. The quantitative estimate of drug-likeness (QED) is 0.793. The normalized spacial score (nSPS) is 10.0. The molecule has 2 aromatic rings. The Morgan fingerprint density at radius 2 is 1.57 bits per heavy atom. The number of amides is 2. The second-order valence-corrected chi connectivity index (χ2v) is 5.46. The minimum Gasteiger partial charge on any atom is -0.376 e. The molecule has 0 aliphatic heterocycles. The number of rotatable bonds is 5. The Kier molecular flexibility index (Phi) is 5.36. The second kappa shape index (κ2) is 7.45. The van der Waals surface area contributed by atoms with Crippen LogP contribution in [0.25, 0.3) is 0 Å². The third kappa shape index (κ3) is 5.14. The Hall–Kier alpha value is -2.82. The Labute approximate surface area is 136 Å². The summed E-state index contributed by atoms with van der Waals surface area (Å²) in [6, 6.07) is 13.0. The molecule has 0 aliphatic rings. The minimum absolute atomic E-state index is 0.127. The summed E-state index contributed by atoms with van der Waals surface area (Å²) in [5, 5.41) is 8.60. The van der Waals surface area contributed by atoms with Crippen molar-refractivity contribution in [2.45, 2.75) is 20.8 Å². The predicted molar refractivity (Wildman–Crippen MR) is 93.8 cm³/mol. The van der Waals surface area contributed by atoms with Crippen LogP contribution in [0.5, 0.6) is 0 Å². The molecule has 0 aromatic heterocycles. The van der Waals surface area contributed by atoms with Gasteiger partial charge in [-0.1, -0.05) is 12.1 Å². The summed E-state index contributed by atoms with van der Waals surface area (Å²) in [5.74, 6) is -0.257. The summed E-state index contributed by atoms with van der Waals surface area (Å²) >= 11 is 0. The molecule has 2 aromatic carbocycles. The van der Waals surface area contributed by atoms with Crippen LogP contribution in [0, 0.1) is 13.8 Å². The van der Waals surface area contributed by atoms with Gasteiger partial charge in [0.15, 0.2) is 0 Å². The van der Waals surface area contributed by atoms with Crippen LogP contribution >= 0.6 is 0 Å². The summed E-state index contributed by atoms with van der Waals surface area (Å²) < 4.78 is 0. The van der Waals surface area contributed by atoms with Gasteiger partial charge >= 0.3 is 0 Å². The lowest BCUT2D eigenvalue weighted by molar-refractivity contribution is -0.115. The van der Waals surface area contributed by atoms with Crippen molar-refractivity contribution in [3.05, 3.63) is 53.6 Å². The molecule has 0 unspecified atom stereocenters. The zero-order chi connectivity index (χ0) is 16.8. The molecule has 5 heteroatoms. The van der Waals surface area contributed by atoms with Crippen molar-refractivity contribution in [1.29, 1.82) is 0 Å². The smallest absolute Gasteiger partial charge is 0.243 e. The molecule has 0 fully saturated rings. The molecule has 23 heavy (non-hydrogen) atoms. The first kappa shape index (κ1) is 16.5. The summed E-state index contributed by atoms with van der Waals surface area (Å²) in [7, 11) is 0. The molecule has 0 saturated carbocycles. The highest BCUT2D eigenvalue weighted by molar-refractivity contribution is 5.94. The Morgan fingerprint density at radius 1 is 0.870 bits per heavy atom. The van der Waals surface area contributed by atoms with Gasteiger partial charge in [0.2, 0.25) is 11.8 Å². The van der Waals surface area contributed by atoms with E-state index in [-0.39, 0.29) is 18.4 Å². The number of anilines is 3. The molecule has 0 bridgehead atoms. The number of benzene rings is 2. The van der Waals surface area contributed by atoms with Gasteiger partial charge in [0.25, 0.3) is 0 Å². The number of carbonyl (C=O) groups is 2. The summed E-state index contributed by atoms with van der Waals surface area (Å²) in [4.78, 5) is 23.1. The highest BCUT2D eigenvalue weighted by atomic mass is 16.2. The van der Waals surface area contributed by atoms with Gasteiger partial charge in [-0.15, -0.1) is 0 Å². The monoisotopic (exact) mass is 311 g/mol. The van der Waals surface area contributed by atoms with Gasteiger partial charge < -0.3 is 16.0 Å². The van der Waals surface area contributed by atoms with Crippen LogP contribution in [0.4, 0.5) is 17.1 Å². The Morgan fingerprint density at radius 3 is 2.26 bits per heavy atom. The molecule has 3 N–H and O–H groups in total. The molecule has 2 amide bonds. The molecule has 5 nitrogen and oxygen atoms in total. The number of nitrogens with one attached hydrogen (secondary N) is 3. The molecule has 0 spiro atoms. The average Bonchev–Trinajstić information content (AvgIpc) is 2.49. The first-order chi connectivity index (χ1) is 10.9. The van der Waals surface area contributed by atoms with Crippen molar-refractivity contribution < 1.29 is 9.59 Å². The van der Waals surface area contributed by atoms with E-state index in [4.69, 9.17) is 0 Å². The van der Waals surface area contributed by atoms with Crippen LogP contribution in [0.3, 0.4) is 0 Å². The third-order valence-electron chi connectivity index (χ3n) is 3.43. The van der Waals surface area contributed by atoms with E-state index in [0.29, 0.717) is 5.69 Å². The maximum Gasteiger partial charge on any atom is 0.243 e. The van der Waals surface area contributed by atoms with Crippen LogP contribution < -0.4 is 16.0 Å². The van der Waals surface area contributed by atoms with Gasteiger partial charge in [-0.2, -0.15) is 0 Å². The van der Waals surface area contributed by atoms with Crippen molar-refractivity contribution in [3.8, 4) is 0 Å². The fourth-order valence-corrected chi connectivity index (χ4v) is 2.12. The van der Waals surface area contributed by atoms with E-state index >= 15 is 0 Å². The maximum absolute atomic E-state index is 12.0. The van der Waals surface area contributed by atoms with E-state index < -0.39 is 0 Å². The largest absolute Gasteiger partial charge is 0.376 e. The van der Waals surface area contributed by atoms with Crippen LogP contribution in [0.15, 0.2) is 42.5 Å². The van der Waals surface area contributed by atoms with Gasteiger partial charge in [-0.05, 0) is 55.3 Å². The first-order valence-corrected chi connectivity index (χ1v) is 7.42.